The molecule has 3 atom stereocenters. The van der Waals surface area contributed by atoms with Crippen molar-refractivity contribution in [2.75, 3.05) is 6.54 Å². The quantitative estimate of drug-likeness (QED) is 0.659. The minimum absolute atomic E-state index is 0.129. The second-order valence-corrected chi connectivity index (χ2v) is 8.65. The molecule has 1 aromatic carbocycles. The van der Waals surface area contributed by atoms with Gasteiger partial charge in [0.15, 0.2) is 0 Å². The number of nitrogens with zero attached hydrogens (tertiary/aromatic N) is 1. The SMILES string of the molecule is C[C@@]1(CNCc2ccc3c(c2)C(=O)N(C2CCC(=O)NC2=O)C3)CCC[C@H]1N. The standard InChI is InChI=1S/C21H28N4O3/c1-21(8-2-3-17(21)22)12-23-10-13-4-5-14-11-25(20(28)15(14)9-13)16-6-7-18(26)24-19(16)27/h4-5,9,16-17,23H,2-3,6-8,10-12,22H2,1H3,(H,24,26,27)/t16?,17-,21+/m1/s1. The molecule has 3 amide bonds. The van der Waals surface area contributed by atoms with Gasteiger partial charge in [-0.3, -0.25) is 19.7 Å². The highest BCUT2D eigenvalue weighted by Gasteiger charge is 2.39. The summed E-state index contributed by atoms with van der Waals surface area (Å²) in [6.07, 6.45) is 4.07. The summed E-state index contributed by atoms with van der Waals surface area (Å²) >= 11 is 0. The number of rotatable bonds is 5. The van der Waals surface area contributed by atoms with Crippen LogP contribution in [0.25, 0.3) is 0 Å². The van der Waals surface area contributed by atoms with Crippen LogP contribution in [-0.4, -0.2) is 41.2 Å². The zero-order valence-corrected chi connectivity index (χ0v) is 16.3. The number of piperidine rings is 1. The van der Waals surface area contributed by atoms with Gasteiger partial charge in [-0.05, 0) is 41.9 Å². The average Bonchev–Trinajstić information content (AvgIpc) is 3.15. The Morgan fingerprint density at radius 3 is 2.82 bits per heavy atom. The first kappa shape index (κ1) is 19.1. The first-order chi connectivity index (χ1) is 13.4. The predicted octanol–water partition coefficient (Wildman–Crippen LogP) is 1.05. The Morgan fingerprint density at radius 1 is 1.29 bits per heavy atom. The number of amides is 3. The van der Waals surface area contributed by atoms with E-state index in [1.54, 1.807) is 4.90 Å². The van der Waals surface area contributed by atoms with Crippen LogP contribution in [-0.2, 0) is 22.7 Å². The average molecular weight is 384 g/mol. The molecule has 2 fully saturated rings. The summed E-state index contributed by atoms with van der Waals surface area (Å²) in [4.78, 5) is 38.0. The maximum absolute atomic E-state index is 12.9. The molecule has 150 valence electrons. The molecule has 1 saturated carbocycles. The molecule has 1 saturated heterocycles. The summed E-state index contributed by atoms with van der Waals surface area (Å²) in [6, 6.07) is 5.60. The number of nitrogens with two attached hydrogens (primary N) is 1. The fourth-order valence-electron chi connectivity index (χ4n) is 4.68. The summed E-state index contributed by atoms with van der Waals surface area (Å²) in [6.45, 7) is 4.20. The van der Waals surface area contributed by atoms with Gasteiger partial charge in [-0.25, -0.2) is 0 Å². The Balaban J connectivity index is 1.40. The van der Waals surface area contributed by atoms with Crippen LogP contribution in [0.2, 0.25) is 0 Å². The third-order valence-electron chi connectivity index (χ3n) is 6.61. The molecule has 7 heteroatoms. The lowest BCUT2D eigenvalue weighted by Gasteiger charge is -2.29. The lowest BCUT2D eigenvalue weighted by Crippen LogP contribution is -2.52. The van der Waals surface area contributed by atoms with Crippen LogP contribution in [0.3, 0.4) is 0 Å². The normalized spacial score (nSPS) is 29.9. The third-order valence-corrected chi connectivity index (χ3v) is 6.61. The molecule has 1 aromatic rings. The zero-order valence-electron chi connectivity index (χ0n) is 16.3. The van der Waals surface area contributed by atoms with Crippen molar-refractivity contribution in [1.82, 2.24) is 15.5 Å². The molecule has 0 aromatic heterocycles. The molecule has 0 radical (unpaired) electrons. The summed E-state index contributed by atoms with van der Waals surface area (Å²) in [5.74, 6) is -0.772. The number of hydrogen-bond acceptors (Lipinski definition) is 5. The molecule has 4 rings (SSSR count). The first-order valence-corrected chi connectivity index (χ1v) is 10.1. The highest BCUT2D eigenvalue weighted by Crippen LogP contribution is 2.36. The lowest BCUT2D eigenvalue weighted by atomic mass is 9.85. The first-order valence-electron chi connectivity index (χ1n) is 10.1. The summed E-state index contributed by atoms with van der Waals surface area (Å²) in [7, 11) is 0. The number of benzene rings is 1. The summed E-state index contributed by atoms with van der Waals surface area (Å²) in [5.41, 5.74) is 9.02. The zero-order chi connectivity index (χ0) is 19.9. The molecular formula is C21H28N4O3. The molecule has 7 nitrogen and oxygen atoms in total. The van der Waals surface area contributed by atoms with Gasteiger partial charge in [0.25, 0.3) is 5.91 Å². The van der Waals surface area contributed by atoms with Gasteiger partial charge < -0.3 is 16.0 Å². The molecule has 28 heavy (non-hydrogen) atoms. The number of carbonyl (C=O) groups is 3. The van der Waals surface area contributed by atoms with Gasteiger partial charge >= 0.3 is 0 Å². The third kappa shape index (κ3) is 3.44. The van der Waals surface area contributed by atoms with Crippen molar-refractivity contribution < 1.29 is 14.4 Å². The van der Waals surface area contributed by atoms with Crippen molar-refractivity contribution in [3.8, 4) is 0 Å². The molecule has 4 N–H and O–H groups in total. The van der Waals surface area contributed by atoms with Crippen LogP contribution in [0.4, 0.5) is 0 Å². The van der Waals surface area contributed by atoms with Gasteiger partial charge in [0.1, 0.15) is 6.04 Å². The van der Waals surface area contributed by atoms with E-state index in [9.17, 15) is 14.4 Å². The van der Waals surface area contributed by atoms with Crippen molar-refractivity contribution in [3.05, 3.63) is 34.9 Å². The molecule has 0 spiro atoms. The van der Waals surface area contributed by atoms with Gasteiger partial charge in [-0.2, -0.15) is 0 Å². The molecule has 1 unspecified atom stereocenters. The Bertz CT molecular complexity index is 824. The van der Waals surface area contributed by atoms with Crippen LogP contribution in [0.1, 0.15) is 60.5 Å². The largest absolute Gasteiger partial charge is 0.327 e. The number of carbonyl (C=O) groups excluding carboxylic acids is 3. The second kappa shape index (κ2) is 7.29. The topological polar surface area (TPSA) is 105 Å². The highest BCUT2D eigenvalue weighted by molar-refractivity contribution is 6.05. The molecule has 0 bridgehead atoms. The number of fused-ring (bicyclic) bond motifs is 1. The van der Waals surface area contributed by atoms with Crippen LogP contribution in [0, 0.1) is 5.41 Å². The van der Waals surface area contributed by atoms with E-state index in [1.165, 1.54) is 6.42 Å². The predicted molar refractivity (Wildman–Crippen MR) is 104 cm³/mol. The van der Waals surface area contributed by atoms with E-state index in [4.69, 9.17) is 5.73 Å². The van der Waals surface area contributed by atoms with Crippen LogP contribution in [0.15, 0.2) is 18.2 Å². The van der Waals surface area contributed by atoms with Gasteiger partial charge in [0.2, 0.25) is 11.8 Å². The van der Waals surface area contributed by atoms with E-state index < -0.39 is 6.04 Å². The monoisotopic (exact) mass is 384 g/mol. The Morgan fingerprint density at radius 2 is 2.11 bits per heavy atom. The minimum atomic E-state index is -0.567. The van der Waals surface area contributed by atoms with Crippen LogP contribution in [0.5, 0.6) is 0 Å². The molecule has 2 aliphatic heterocycles. The fourth-order valence-corrected chi connectivity index (χ4v) is 4.68. The number of hydrogen-bond donors (Lipinski definition) is 3. The fraction of sp³-hybridized carbons (Fsp3) is 0.571. The van der Waals surface area contributed by atoms with Gasteiger partial charge in [0.05, 0.1) is 0 Å². The number of nitrogens with one attached hydrogen (secondary N) is 2. The van der Waals surface area contributed by atoms with Gasteiger partial charge in [-0.15, -0.1) is 0 Å². The van der Waals surface area contributed by atoms with E-state index in [0.717, 1.165) is 30.5 Å². The van der Waals surface area contributed by atoms with Crippen molar-refractivity contribution in [1.29, 1.82) is 0 Å². The second-order valence-electron chi connectivity index (χ2n) is 8.65. The van der Waals surface area contributed by atoms with Gasteiger partial charge in [0, 0.05) is 37.7 Å². The van der Waals surface area contributed by atoms with Crippen LogP contribution < -0.4 is 16.4 Å². The van der Waals surface area contributed by atoms with E-state index in [0.29, 0.717) is 25.1 Å². The lowest BCUT2D eigenvalue weighted by molar-refractivity contribution is -0.136. The van der Waals surface area contributed by atoms with Crippen molar-refractivity contribution in [2.24, 2.45) is 11.1 Å². The van der Waals surface area contributed by atoms with Crippen LogP contribution >= 0.6 is 0 Å². The molecule has 1 aliphatic carbocycles. The van der Waals surface area contributed by atoms with E-state index >= 15 is 0 Å². The van der Waals surface area contributed by atoms with Gasteiger partial charge in [-0.1, -0.05) is 25.5 Å². The number of imide groups is 1. The molecule has 2 heterocycles. The van der Waals surface area contributed by atoms with E-state index in [2.05, 4.69) is 17.6 Å². The smallest absolute Gasteiger partial charge is 0.255 e. The van der Waals surface area contributed by atoms with E-state index in [-0.39, 0.29) is 35.6 Å². The Kier molecular flexibility index (Phi) is 4.97. The highest BCUT2D eigenvalue weighted by atomic mass is 16.2. The Labute approximate surface area is 165 Å². The van der Waals surface area contributed by atoms with Crippen molar-refractivity contribution in [2.45, 2.75) is 64.2 Å². The Hall–Kier alpha value is -2.25. The van der Waals surface area contributed by atoms with E-state index in [1.807, 2.05) is 18.2 Å². The summed E-state index contributed by atoms with van der Waals surface area (Å²) < 4.78 is 0. The van der Waals surface area contributed by atoms with Crippen molar-refractivity contribution in [3.63, 3.8) is 0 Å². The van der Waals surface area contributed by atoms with Crippen molar-refractivity contribution >= 4 is 17.7 Å². The maximum Gasteiger partial charge on any atom is 0.255 e. The minimum Gasteiger partial charge on any atom is -0.327 e. The molecular weight excluding hydrogens is 356 g/mol. The maximum atomic E-state index is 12.9. The molecule has 3 aliphatic rings. The summed E-state index contributed by atoms with van der Waals surface area (Å²) in [5, 5.41) is 5.84.